The van der Waals surface area contributed by atoms with E-state index in [0.29, 0.717) is 0 Å². The summed E-state index contributed by atoms with van der Waals surface area (Å²) >= 11 is 0. The molecule has 0 bridgehead atoms. The second-order valence-corrected chi connectivity index (χ2v) is 7.02. The van der Waals surface area contributed by atoms with Crippen molar-refractivity contribution >= 4 is 11.9 Å². The molecular weight excluding hydrogens is 304 g/mol. The standard InChI is InChI=1S/C16H22O7/c1-15(2,3)22-13(20)10-8(17)7-9(18)11(12(10)19)14(21)23-16(4,5)6/h7,17-19H,1-6H3. The maximum Gasteiger partial charge on any atom is 0.346 e. The van der Waals surface area contributed by atoms with Crippen molar-refractivity contribution in [3.63, 3.8) is 0 Å². The Balaban J connectivity index is 3.38. The van der Waals surface area contributed by atoms with Crippen LogP contribution in [0.25, 0.3) is 0 Å². The molecule has 0 aliphatic heterocycles. The number of hydrogen-bond donors (Lipinski definition) is 3. The van der Waals surface area contributed by atoms with E-state index in [0.717, 1.165) is 6.07 Å². The summed E-state index contributed by atoms with van der Waals surface area (Å²) in [6.45, 7) is 9.63. The Morgan fingerprint density at radius 2 is 1.09 bits per heavy atom. The first-order valence-corrected chi connectivity index (χ1v) is 6.97. The van der Waals surface area contributed by atoms with E-state index in [1.54, 1.807) is 41.5 Å². The van der Waals surface area contributed by atoms with Gasteiger partial charge in [-0.15, -0.1) is 0 Å². The largest absolute Gasteiger partial charge is 0.507 e. The summed E-state index contributed by atoms with van der Waals surface area (Å²) in [5.41, 5.74) is -2.97. The highest BCUT2D eigenvalue weighted by Crippen LogP contribution is 2.39. The molecule has 7 heteroatoms. The Morgan fingerprint density at radius 3 is 1.35 bits per heavy atom. The summed E-state index contributed by atoms with van der Waals surface area (Å²) in [6, 6.07) is 0.776. The molecule has 3 N–H and O–H groups in total. The van der Waals surface area contributed by atoms with Crippen LogP contribution in [0.3, 0.4) is 0 Å². The molecule has 1 aromatic carbocycles. The third-order valence-corrected chi connectivity index (χ3v) is 2.47. The van der Waals surface area contributed by atoms with Crippen LogP contribution in [0.2, 0.25) is 0 Å². The predicted octanol–water partition coefficient (Wildman–Crippen LogP) is 2.71. The normalized spacial score (nSPS) is 11.9. The molecule has 0 radical (unpaired) electrons. The van der Waals surface area contributed by atoms with Crippen molar-refractivity contribution in [1.82, 2.24) is 0 Å². The summed E-state index contributed by atoms with van der Waals surface area (Å²) in [5, 5.41) is 29.8. The van der Waals surface area contributed by atoms with Crippen LogP contribution in [-0.2, 0) is 9.47 Å². The number of phenolic OH excluding ortho intramolecular Hbond substituents is 3. The van der Waals surface area contributed by atoms with Gasteiger partial charge < -0.3 is 24.8 Å². The number of carbonyl (C=O) groups is 2. The van der Waals surface area contributed by atoms with Crippen molar-refractivity contribution in [1.29, 1.82) is 0 Å². The quantitative estimate of drug-likeness (QED) is 0.716. The van der Waals surface area contributed by atoms with Gasteiger partial charge in [0.1, 0.15) is 33.8 Å². The fourth-order valence-electron chi connectivity index (χ4n) is 1.70. The van der Waals surface area contributed by atoms with Crippen LogP contribution in [0.5, 0.6) is 17.2 Å². The van der Waals surface area contributed by atoms with E-state index in [1.165, 1.54) is 0 Å². The lowest BCUT2D eigenvalue weighted by molar-refractivity contribution is 0.00627. The van der Waals surface area contributed by atoms with Gasteiger partial charge in [-0.05, 0) is 41.5 Å². The van der Waals surface area contributed by atoms with Crippen LogP contribution in [0.4, 0.5) is 0 Å². The van der Waals surface area contributed by atoms with Crippen LogP contribution < -0.4 is 0 Å². The minimum Gasteiger partial charge on any atom is -0.507 e. The van der Waals surface area contributed by atoms with Crippen molar-refractivity contribution in [3.05, 3.63) is 17.2 Å². The minimum atomic E-state index is -1.03. The Labute approximate surface area is 134 Å². The van der Waals surface area contributed by atoms with Gasteiger partial charge in [-0.2, -0.15) is 0 Å². The van der Waals surface area contributed by atoms with Crippen molar-refractivity contribution in [2.24, 2.45) is 0 Å². The topological polar surface area (TPSA) is 113 Å². The molecule has 0 heterocycles. The van der Waals surface area contributed by atoms with Gasteiger partial charge in [0.2, 0.25) is 0 Å². The molecule has 23 heavy (non-hydrogen) atoms. The molecular formula is C16H22O7. The van der Waals surface area contributed by atoms with E-state index in [-0.39, 0.29) is 0 Å². The van der Waals surface area contributed by atoms with E-state index in [2.05, 4.69) is 0 Å². The fourth-order valence-corrected chi connectivity index (χ4v) is 1.70. The molecule has 0 saturated heterocycles. The molecule has 1 rings (SSSR count). The van der Waals surface area contributed by atoms with Crippen LogP contribution in [-0.4, -0.2) is 38.5 Å². The summed E-state index contributed by atoms with van der Waals surface area (Å²) in [5.74, 6) is -4.37. The zero-order valence-corrected chi connectivity index (χ0v) is 14.1. The maximum absolute atomic E-state index is 12.1. The molecule has 0 aromatic heterocycles. The molecule has 0 amide bonds. The van der Waals surface area contributed by atoms with Crippen LogP contribution >= 0.6 is 0 Å². The number of esters is 2. The van der Waals surface area contributed by atoms with Crippen LogP contribution in [0.15, 0.2) is 6.07 Å². The third-order valence-electron chi connectivity index (χ3n) is 2.47. The molecule has 0 spiro atoms. The molecule has 0 atom stereocenters. The number of hydrogen-bond acceptors (Lipinski definition) is 7. The highest BCUT2D eigenvalue weighted by atomic mass is 16.6. The number of ether oxygens (including phenoxy) is 2. The first-order valence-electron chi connectivity index (χ1n) is 6.97. The third kappa shape index (κ3) is 4.77. The van der Waals surface area contributed by atoms with Crippen molar-refractivity contribution in [2.45, 2.75) is 52.7 Å². The molecule has 0 aliphatic carbocycles. The second kappa shape index (κ2) is 5.98. The number of rotatable bonds is 2. The average Bonchev–Trinajstić information content (AvgIpc) is 2.21. The SMILES string of the molecule is CC(C)(C)OC(=O)c1c(O)cc(O)c(C(=O)OC(C)(C)C)c1O. The number of benzene rings is 1. The first kappa shape index (κ1) is 18.6. The van der Waals surface area contributed by atoms with Crippen LogP contribution in [0.1, 0.15) is 62.3 Å². The Bertz CT molecular complexity index is 581. The smallest absolute Gasteiger partial charge is 0.346 e. The van der Waals surface area contributed by atoms with Crippen molar-refractivity contribution in [3.8, 4) is 17.2 Å². The zero-order chi connectivity index (χ0) is 18.2. The van der Waals surface area contributed by atoms with Crippen LogP contribution in [0, 0.1) is 0 Å². The molecule has 0 unspecified atom stereocenters. The lowest BCUT2D eigenvalue weighted by Gasteiger charge is -2.22. The molecule has 1 aromatic rings. The van der Waals surface area contributed by atoms with Gasteiger partial charge >= 0.3 is 11.9 Å². The van der Waals surface area contributed by atoms with Gasteiger partial charge in [0.25, 0.3) is 0 Å². The lowest BCUT2D eigenvalue weighted by Crippen LogP contribution is -2.25. The van der Waals surface area contributed by atoms with Gasteiger partial charge in [-0.1, -0.05) is 0 Å². The van der Waals surface area contributed by atoms with E-state index in [4.69, 9.17) is 9.47 Å². The number of aromatic hydroxyl groups is 3. The highest BCUT2D eigenvalue weighted by molar-refractivity contribution is 6.04. The van der Waals surface area contributed by atoms with E-state index >= 15 is 0 Å². The summed E-state index contributed by atoms with van der Waals surface area (Å²) in [4.78, 5) is 24.2. The highest BCUT2D eigenvalue weighted by Gasteiger charge is 2.31. The van der Waals surface area contributed by atoms with Gasteiger partial charge in [0.05, 0.1) is 0 Å². The zero-order valence-electron chi connectivity index (χ0n) is 14.1. The molecule has 0 saturated carbocycles. The van der Waals surface area contributed by atoms with Gasteiger partial charge in [-0.25, -0.2) is 9.59 Å². The number of phenols is 3. The average molecular weight is 326 g/mol. The van der Waals surface area contributed by atoms with E-state index < -0.39 is 51.5 Å². The Morgan fingerprint density at radius 1 is 0.783 bits per heavy atom. The van der Waals surface area contributed by atoms with E-state index in [9.17, 15) is 24.9 Å². The number of carbonyl (C=O) groups excluding carboxylic acids is 2. The minimum absolute atomic E-state index is 0.612. The molecule has 128 valence electrons. The molecule has 0 aliphatic rings. The van der Waals surface area contributed by atoms with Gasteiger partial charge in [0.15, 0.2) is 5.75 Å². The van der Waals surface area contributed by atoms with E-state index in [1.807, 2.05) is 0 Å². The monoisotopic (exact) mass is 326 g/mol. The van der Waals surface area contributed by atoms with Gasteiger partial charge in [-0.3, -0.25) is 0 Å². The van der Waals surface area contributed by atoms with Crippen molar-refractivity contribution in [2.75, 3.05) is 0 Å². The summed E-state index contributed by atoms with van der Waals surface area (Å²) < 4.78 is 10.1. The fraction of sp³-hybridized carbons (Fsp3) is 0.500. The van der Waals surface area contributed by atoms with Crippen molar-refractivity contribution < 1.29 is 34.4 Å². The summed E-state index contributed by atoms with van der Waals surface area (Å²) in [6.07, 6.45) is 0. The Kier molecular flexibility index (Phi) is 4.84. The van der Waals surface area contributed by atoms with Gasteiger partial charge in [0, 0.05) is 6.07 Å². The molecule has 7 nitrogen and oxygen atoms in total. The Hall–Kier alpha value is -2.44. The first-order chi connectivity index (χ1) is 10.2. The second-order valence-electron chi connectivity index (χ2n) is 7.02. The predicted molar refractivity (Wildman–Crippen MR) is 81.8 cm³/mol. The lowest BCUT2D eigenvalue weighted by atomic mass is 10.0. The maximum atomic E-state index is 12.1. The molecule has 0 fully saturated rings. The summed E-state index contributed by atoms with van der Waals surface area (Å²) in [7, 11) is 0.